The fourth-order valence-corrected chi connectivity index (χ4v) is 5.18. The number of anilines is 1. The third-order valence-corrected chi connectivity index (χ3v) is 6.94. The third kappa shape index (κ3) is 4.71. The van der Waals surface area contributed by atoms with E-state index in [1.54, 1.807) is 29.6 Å². The molecule has 4 rings (SSSR count). The van der Waals surface area contributed by atoms with Crippen LogP contribution in [0.2, 0.25) is 0 Å². The van der Waals surface area contributed by atoms with Crippen molar-refractivity contribution in [2.45, 2.75) is 13.5 Å². The monoisotopic (exact) mass is 494 g/mol. The van der Waals surface area contributed by atoms with Crippen molar-refractivity contribution >= 4 is 33.8 Å². The first kappa shape index (κ1) is 22.8. The van der Waals surface area contributed by atoms with Gasteiger partial charge in [-0.15, -0.1) is 0 Å². The molecular formula is C21H17F3N4O3S2. The zero-order valence-electron chi connectivity index (χ0n) is 17.0. The lowest BCUT2D eigenvalue weighted by Crippen LogP contribution is -2.27. The van der Waals surface area contributed by atoms with E-state index in [-0.39, 0.29) is 16.2 Å². The maximum atomic E-state index is 13.9. The number of nitrogens with zero attached hydrogens (tertiary/aromatic N) is 1. The van der Waals surface area contributed by atoms with Gasteiger partial charge in [-0.2, -0.15) is 0 Å². The molecular weight excluding hydrogens is 477 g/mol. The van der Waals surface area contributed by atoms with E-state index in [2.05, 4.69) is 14.8 Å². The molecule has 2 heterocycles. The molecule has 0 spiro atoms. The quantitative estimate of drug-likeness (QED) is 0.530. The van der Waals surface area contributed by atoms with E-state index >= 15 is 0 Å². The van der Waals surface area contributed by atoms with Crippen molar-refractivity contribution in [3.63, 3.8) is 0 Å². The zero-order valence-corrected chi connectivity index (χ0v) is 18.7. The van der Waals surface area contributed by atoms with Crippen LogP contribution in [-0.2, 0) is 16.6 Å². The summed E-state index contributed by atoms with van der Waals surface area (Å²) in [6.07, 6.45) is 6.22. The number of rotatable bonds is 6. The Balaban J connectivity index is 1.59. The van der Waals surface area contributed by atoms with Gasteiger partial charge in [0, 0.05) is 36.6 Å². The Hall–Kier alpha value is -3.38. The highest BCUT2D eigenvalue weighted by atomic mass is 32.2. The summed E-state index contributed by atoms with van der Waals surface area (Å²) in [4.78, 5) is 12.8. The number of sulfonamides is 1. The van der Waals surface area contributed by atoms with E-state index in [1.807, 2.05) is 0 Å². The van der Waals surface area contributed by atoms with Crippen molar-refractivity contribution < 1.29 is 26.4 Å². The van der Waals surface area contributed by atoms with Crippen LogP contribution in [0, 0.1) is 24.4 Å². The van der Waals surface area contributed by atoms with Gasteiger partial charge in [-0.1, -0.05) is 6.07 Å². The Morgan fingerprint density at radius 1 is 1.15 bits per heavy atom. The molecule has 0 aromatic heterocycles. The van der Waals surface area contributed by atoms with E-state index in [4.69, 9.17) is 0 Å². The molecule has 0 saturated carbocycles. The second-order valence-corrected chi connectivity index (χ2v) is 9.58. The Labute approximate surface area is 192 Å². The van der Waals surface area contributed by atoms with Crippen LogP contribution in [-0.4, -0.2) is 18.6 Å². The molecule has 3 N–H and O–H groups in total. The largest absolute Gasteiger partial charge is 0.348 e. The van der Waals surface area contributed by atoms with Crippen molar-refractivity contribution in [2.24, 2.45) is 0 Å². The fourth-order valence-electron chi connectivity index (χ4n) is 3.21. The minimum absolute atomic E-state index is 0.00578. The predicted molar refractivity (Wildman–Crippen MR) is 119 cm³/mol. The summed E-state index contributed by atoms with van der Waals surface area (Å²) in [6.45, 7) is 1.16. The number of carbonyl (C=O) groups is 1. The average molecular weight is 495 g/mol. The number of fused-ring (bicyclic) bond motifs is 1. The smallest absolute Gasteiger partial charge is 0.264 e. The van der Waals surface area contributed by atoms with E-state index < -0.39 is 45.5 Å². The minimum Gasteiger partial charge on any atom is -0.348 e. The Bertz CT molecular complexity index is 1320. The Morgan fingerprint density at radius 3 is 2.61 bits per heavy atom. The molecule has 2 aromatic carbocycles. The van der Waals surface area contributed by atoms with Crippen LogP contribution < -0.4 is 14.8 Å². The highest BCUT2D eigenvalue weighted by Crippen LogP contribution is 2.34. The van der Waals surface area contributed by atoms with Crippen LogP contribution in [0.4, 0.5) is 18.9 Å². The summed E-state index contributed by atoms with van der Waals surface area (Å²) in [5, 5.41) is 2.34. The second kappa shape index (κ2) is 8.87. The van der Waals surface area contributed by atoms with Gasteiger partial charge in [-0.3, -0.25) is 13.8 Å². The van der Waals surface area contributed by atoms with Crippen LogP contribution in [0.5, 0.6) is 0 Å². The summed E-state index contributed by atoms with van der Waals surface area (Å²) in [5.41, 5.74) is 0.515. The number of aryl methyl sites for hydroxylation is 1. The van der Waals surface area contributed by atoms with Gasteiger partial charge in [-0.25, -0.2) is 21.6 Å². The number of allylic oxidation sites excluding steroid dienone is 2. The highest BCUT2D eigenvalue weighted by molar-refractivity contribution is 7.97. The number of benzene rings is 2. The summed E-state index contributed by atoms with van der Waals surface area (Å²) in [5.74, 6) is -4.13. The number of hydrogen-bond donors (Lipinski definition) is 3. The maximum absolute atomic E-state index is 13.9. The molecule has 172 valence electrons. The highest BCUT2D eigenvalue weighted by Gasteiger charge is 2.30. The van der Waals surface area contributed by atoms with Gasteiger partial charge in [0.25, 0.3) is 15.9 Å². The van der Waals surface area contributed by atoms with E-state index in [1.165, 1.54) is 36.5 Å². The molecule has 0 fully saturated rings. The molecule has 33 heavy (non-hydrogen) atoms. The molecule has 1 amide bonds. The van der Waals surface area contributed by atoms with Gasteiger partial charge in [0.2, 0.25) is 0 Å². The van der Waals surface area contributed by atoms with Gasteiger partial charge < -0.3 is 10.0 Å². The van der Waals surface area contributed by atoms with Crippen molar-refractivity contribution in [1.82, 2.24) is 14.3 Å². The standard InChI is InChI=1S/C21H17F3N4O3S2/c1-12-4-5-14(21(29)25-10-15-16(23)8-13(22)9-17(15)24)18(7-12)27-33(30,31)20-3-2-6-28-19(20)11-26-32-28/h2-9,11,26-27H,10H2,1H3,(H,25,29). The van der Waals surface area contributed by atoms with Gasteiger partial charge in [0.15, 0.2) is 0 Å². The normalized spacial score (nSPS) is 14.8. The molecule has 0 radical (unpaired) electrons. The van der Waals surface area contributed by atoms with Crippen LogP contribution in [0.25, 0.3) is 0 Å². The zero-order chi connectivity index (χ0) is 23.8. The van der Waals surface area contributed by atoms with E-state index in [0.717, 1.165) is 0 Å². The molecule has 0 bridgehead atoms. The maximum Gasteiger partial charge on any atom is 0.264 e. The fraction of sp³-hybridized carbons (Fsp3) is 0.0952. The molecule has 0 aliphatic carbocycles. The van der Waals surface area contributed by atoms with Gasteiger partial charge >= 0.3 is 0 Å². The molecule has 2 aliphatic rings. The first-order valence-electron chi connectivity index (χ1n) is 9.51. The van der Waals surface area contributed by atoms with Crippen molar-refractivity contribution in [2.75, 3.05) is 4.72 Å². The molecule has 0 unspecified atom stereocenters. The number of hydrogen-bond acceptors (Lipinski definition) is 6. The van der Waals surface area contributed by atoms with Crippen molar-refractivity contribution in [3.8, 4) is 0 Å². The molecule has 0 atom stereocenters. The van der Waals surface area contributed by atoms with Crippen LogP contribution in [0.3, 0.4) is 0 Å². The van der Waals surface area contributed by atoms with Crippen LogP contribution in [0.1, 0.15) is 21.5 Å². The predicted octanol–water partition coefficient (Wildman–Crippen LogP) is 3.81. The lowest BCUT2D eigenvalue weighted by atomic mass is 10.1. The minimum atomic E-state index is -4.09. The van der Waals surface area contributed by atoms with Crippen molar-refractivity contribution in [1.29, 1.82) is 0 Å². The summed E-state index contributed by atoms with van der Waals surface area (Å²) >= 11 is 1.19. The topological polar surface area (TPSA) is 90.5 Å². The van der Waals surface area contributed by atoms with Gasteiger partial charge in [0.05, 0.1) is 29.1 Å². The number of amides is 1. The van der Waals surface area contributed by atoms with Crippen LogP contribution in [0.15, 0.2) is 65.5 Å². The Kier molecular flexibility index (Phi) is 6.13. The first-order valence-corrected chi connectivity index (χ1v) is 11.8. The van der Waals surface area contributed by atoms with E-state index in [0.29, 0.717) is 23.4 Å². The number of carbonyl (C=O) groups excluding carboxylic acids is 1. The molecule has 12 heteroatoms. The summed E-state index contributed by atoms with van der Waals surface area (Å²) < 4.78 is 74.0. The summed E-state index contributed by atoms with van der Waals surface area (Å²) in [7, 11) is -4.09. The average Bonchev–Trinajstić information content (AvgIpc) is 3.21. The van der Waals surface area contributed by atoms with Crippen molar-refractivity contribution in [3.05, 3.63) is 99.6 Å². The van der Waals surface area contributed by atoms with Gasteiger partial charge in [0.1, 0.15) is 22.4 Å². The van der Waals surface area contributed by atoms with Gasteiger partial charge in [-0.05, 0) is 36.8 Å². The number of halogens is 3. The lowest BCUT2D eigenvalue weighted by molar-refractivity contribution is 0.0951. The van der Waals surface area contributed by atoms with E-state index in [9.17, 15) is 26.4 Å². The molecule has 7 nitrogen and oxygen atoms in total. The molecule has 2 aromatic rings. The SMILES string of the molecule is Cc1ccc(C(=O)NCc2c(F)cc(F)cc2F)c(NS(=O)(=O)C2=CC=CN3SNC=C23)c1. The second-order valence-electron chi connectivity index (χ2n) is 7.12. The Morgan fingerprint density at radius 2 is 1.88 bits per heavy atom. The van der Waals surface area contributed by atoms with Crippen LogP contribution >= 0.6 is 12.1 Å². The number of nitrogens with one attached hydrogen (secondary N) is 3. The third-order valence-electron chi connectivity index (χ3n) is 4.79. The first-order chi connectivity index (χ1) is 15.7. The molecule has 0 saturated heterocycles. The summed E-state index contributed by atoms with van der Waals surface area (Å²) in [6, 6.07) is 5.48. The molecule has 2 aliphatic heterocycles. The lowest BCUT2D eigenvalue weighted by Gasteiger charge is -2.21.